The molecule has 2 aromatic rings. The van der Waals surface area contributed by atoms with Crippen molar-refractivity contribution in [3.8, 4) is 0 Å². The number of aryl methyl sites for hydroxylation is 1. The van der Waals surface area contributed by atoms with E-state index in [1.54, 1.807) is 6.92 Å². The molecule has 10 heteroatoms. The molecule has 0 bridgehead atoms. The summed E-state index contributed by atoms with van der Waals surface area (Å²) < 4.78 is 31.0. The molecule has 9 nitrogen and oxygen atoms in total. The zero-order chi connectivity index (χ0) is 14.9. The number of benzene rings is 1. The first kappa shape index (κ1) is 13.8. The van der Waals surface area contributed by atoms with Crippen molar-refractivity contribution >= 4 is 27.3 Å². The van der Waals surface area contributed by atoms with Crippen LogP contribution in [0, 0.1) is 17.0 Å². The molecule has 0 aliphatic rings. The molecular weight excluding hydrogens is 288 g/mol. The fraction of sp³-hybridized carbons (Fsp3) is 0.100. The molecular formula is C10H10N4O5S. The minimum absolute atomic E-state index is 0.0877. The van der Waals surface area contributed by atoms with Gasteiger partial charge in [0.05, 0.1) is 10.6 Å². The van der Waals surface area contributed by atoms with Gasteiger partial charge < -0.3 is 10.3 Å². The van der Waals surface area contributed by atoms with Gasteiger partial charge in [-0.25, -0.2) is 13.1 Å². The third-order valence-corrected chi connectivity index (χ3v) is 3.71. The maximum atomic E-state index is 12.1. The van der Waals surface area contributed by atoms with Gasteiger partial charge in [-0.05, 0) is 19.1 Å². The first-order chi connectivity index (χ1) is 9.29. The van der Waals surface area contributed by atoms with Crippen molar-refractivity contribution in [3.63, 3.8) is 0 Å². The predicted octanol–water partition coefficient (Wildman–Crippen LogP) is 1.27. The molecule has 0 saturated carbocycles. The predicted molar refractivity (Wildman–Crippen MR) is 69.6 cm³/mol. The molecule has 106 valence electrons. The van der Waals surface area contributed by atoms with Gasteiger partial charge in [0.1, 0.15) is 0 Å². The van der Waals surface area contributed by atoms with Gasteiger partial charge in [-0.1, -0.05) is 5.16 Å². The van der Waals surface area contributed by atoms with Gasteiger partial charge in [0.15, 0.2) is 4.90 Å². The number of nitro benzene ring substituents is 1. The van der Waals surface area contributed by atoms with Crippen LogP contribution in [-0.4, -0.2) is 18.5 Å². The van der Waals surface area contributed by atoms with E-state index in [9.17, 15) is 18.5 Å². The molecule has 20 heavy (non-hydrogen) atoms. The van der Waals surface area contributed by atoms with E-state index in [0.29, 0.717) is 5.69 Å². The van der Waals surface area contributed by atoms with Crippen molar-refractivity contribution < 1.29 is 17.9 Å². The Bertz CT molecular complexity index is 768. The summed E-state index contributed by atoms with van der Waals surface area (Å²) in [4.78, 5) is 9.52. The average Bonchev–Trinajstić information content (AvgIpc) is 2.73. The van der Waals surface area contributed by atoms with E-state index in [0.717, 1.165) is 12.1 Å². The molecule has 0 fully saturated rings. The number of nitrogens with two attached hydrogens (primary N) is 1. The number of nitrogens with one attached hydrogen (secondary N) is 1. The Morgan fingerprint density at radius 1 is 1.40 bits per heavy atom. The Balaban J connectivity index is 2.48. The highest BCUT2D eigenvalue weighted by Crippen LogP contribution is 2.27. The van der Waals surface area contributed by atoms with Crippen LogP contribution in [0.25, 0.3) is 0 Å². The highest BCUT2D eigenvalue weighted by atomic mass is 32.2. The highest BCUT2D eigenvalue weighted by molar-refractivity contribution is 7.92. The smallest absolute Gasteiger partial charge is 0.290 e. The SMILES string of the molecule is Cc1cc(NS(=O)(=O)c2cc(N)ccc2[N+](=O)[O-])on1. The lowest BCUT2D eigenvalue weighted by atomic mass is 10.3. The Morgan fingerprint density at radius 2 is 2.10 bits per heavy atom. The zero-order valence-corrected chi connectivity index (χ0v) is 11.0. The summed E-state index contributed by atoms with van der Waals surface area (Å²) in [6, 6.07) is 4.62. The minimum atomic E-state index is -4.20. The summed E-state index contributed by atoms with van der Waals surface area (Å²) in [5.74, 6) is -0.140. The number of rotatable bonds is 4. The highest BCUT2D eigenvalue weighted by Gasteiger charge is 2.27. The number of nitro groups is 1. The number of aromatic nitrogens is 1. The van der Waals surface area contributed by atoms with Gasteiger partial charge in [0.25, 0.3) is 15.7 Å². The lowest BCUT2D eigenvalue weighted by molar-refractivity contribution is -0.387. The third kappa shape index (κ3) is 2.69. The molecule has 0 saturated heterocycles. The molecule has 0 unspecified atom stereocenters. The maximum absolute atomic E-state index is 12.1. The van der Waals surface area contributed by atoms with E-state index in [2.05, 4.69) is 9.88 Å². The summed E-state index contributed by atoms with van der Waals surface area (Å²) in [5.41, 5.74) is 5.44. The van der Waals surface area contributed by atoms with Gasteiger partial charge in [0.2, 0.25) is 5.88 Å². The van der Waals surface area contributed by atoms with Crippen LogP contribution in [0.3, 0.4) is 0 Å². The normalized spacial score (nSPS) is 11.2. The summed E-state index contributed by atoms with van der Waals surface area (Å²) in [5, 5.41) is 14.4. The molecule has 1 aromatic carbocycles. The summed E-state index contributed by atoms with van der Waals surface area (Å²) >= 11 is 0. The molecule has 1 aromatic heterocycles. The molecule has 0 radical (unpaired) electrons. The van der Waals surface area contributed by atoms with Crippen LogP contribution < -0.4 is 10.5 Å². The van der Waals surface area contributed by atoms with Crippen molar-refractivity contribution in [1.82, 2.24) is 5.16 Å². The lowest BCUT2D eigenvalue weighted by Crippen LogP contribution is -2.14. The van der Waals surface area contributed by atoms with E-state index >= 15 is 0 Å². The number of hydrogen-bond acceptors (Lipinski definition) is 7. The zero-order valence-electron chi connectivity index (χ0n) is 10.2. The first-order valence-corrected chi connectivity index (χ1v) is 6.78. The van der Waals surface area contributed by atoms with Crippen LogP contribution in [0.1, 0.15) is 5.69 Å². The summed E-state index contributed by atoms with van der Waals surface area (Å²) in [7, 11) is -4.20. The summed E-state index contributed by atoms with van der Waals surface area (Å²) in [6.45, 7) is 1.60. The number of sulfonamides is 1. The Morgan fingerprint density at radius 3 is 2.65 bits per heavy atom. The van der Waals surface area contributed by atoms with Crippen LogP contribution in [0.2, 0.25) is 0 Å². The maximum Gasteiger partial charge on any atom is 0.290 e. The number of hydrogen-bond donors (Lipinski definition) is 2. The molecule has 0 amide bonds. The van der Waals surface area contributed by atoms with Crippen molar-refractivity contribution in [1.29, 1.82) is 0 Å². The second-order valence-corrected chi connectivity index (χ2v) is 5.57. The van der Waals surface area contributed by atoms with Crippen molar-refractivity contribution in [3.05, 3.63) is 40.1 Å². The minimum Gasteiger partial charge on any atom is -0.399 e. The number of nitrogen functional groups attached to an aromatic ring is 1. The standard InChI is InChI=1S/C10H10N4O5S/c1-6-4-10(19-12-6)13-20(17,18)9-5-7(11)2-3-8(9)14(15)16/h2-5,13H,11H2,1H3. The molecule has 3 N–H and O–H groups in total. The monoisotopic (exact) mass is 298 g/mol. The third-order valence-electron chi connectivity index (χ3n) is 2.33. The summed E-state index contributed by atoms with van der Waals surface area (Å²) in [6.07, 6.45) is 0. The van der Waals surface area contributed by atoms with Crippen LogP contribution in [-0.2, 0) is 10.0 Å². The second kappa shape index (κ2) is 4.81. The second-order valence-electron chi connectivity index (χ2n) is 3.92. The molecule has 0 aliphatic heterocycles. The van der Waals surface area contributed by atoms with E-state index in [-0.39, 0.29) is 11.6 Å². The van der Waals surface area contributed by atoms with Gasteiger partial charge in [0, 0.05) is 17.8 Å². The van der Waals surface area contributed by atoms with Crippen molar-refractivity contribution in [2.24, 2.45) is 0 Å². The topological polar surface area (TPSA) is 141 Å². The fourth-order valence-electron chi connectivity index (χ4n) is 1.50. The van der Waals surface area contributed by atoms with Gasteiger partial charge in [-0.2, -0.15) is 0 Å². The fourth-order valence-corrected chi connectivity index (χ4v) is 2.68. The van der Waals surface area contributed by atoms with Crippen LogP contribution in [0.5, 0.6) is 0 Å². The van der Waals surface area contributed by atoms with Crippen LogP contribution in [0.15, 0.2) is 33.7 Å². The molecule has 0 atom stereocenters. The van der Waals surface area contributed by atoms with Crippen LogP contribution in [0.4, 0.5) is 17.3 Å². The Labute approximate surface area is 113 Å². The Kier molecular flexibility index (Phi) is 3.32. The lowest BCUT2D eigenvalue weighted by Gasteiger charge is -2.06. The van der Waals surface area contributed by atoms with Crippen LogP contribution >= 0.6 is 0 Å². The van der Waals surface area contributed by atoms with E-state index in [1.807, 2.05) is 0 Å². The van der Waals surface area contributed by atoms with Gasteiger partial charge in [-0.15, -0.1) is 0 Å². The van der Waals surface area contributed by atoms with E-state index in [4.69, 9.17) is 10.3 Å². The quantitative estimate of drug-likeness (QED) is 0.491. The molecule has 0 aliphatic carbocycles. The number of anilines is 2. The van der Waals surface area contributed by atoms with E-state index in [1.165, 1.54) is 12.1 Å². The van der Waals surface area contributed by atoms with Crippen molar-refractivity contribution in [2.75, 3.05) is 10.5 Å². The molecule has 2 rings (SSSR count). The van der Waals surface area contributed by atoms with Gasteiger partial charge in [-0.3, -0.25) is 10.1 Å². The Hall–Kier alpha value is -2.62. The van der Waals surface area contributed by atoms with Crippen molar-refractivity contribution in [2.45, 2.75) is 11.8 Å². The molecule has 1 heterocycles. The van der Waals surface area contributed by atoms with Gasteiger partial charge >= 0.3 is 0 Å². The molecule has 0 spiro atoms. The van der Waals surface area contributed by atoms with E-state index < -0.39 is 25.5 Å². The first-order valence-electron chi connectivity index (χ1n) is 5.29. The number of nitrogens with zero attached hydrogens (tertiary/aromatic N) is 2. The largest absolute Gasteiger partial charge is 0.399 e. The average molecular weight is 298 g/mol.